The van der Waals surface area contributed by atoms with E-state index in [1.54, 1.807) is 16.8 Å². The molecule has 34 heavy (non-hydrogen) atoms. The average molecular weight is 494 g/mol. The van der Waals surface area contributed by atoms with Crippen LogP contribution in [-0.2, 0) is 15.3 Å². The van der Waals surface area contributed by atoms with Crippen LogP contribution in [0.1, 0.15) is 70.1 Å². The maximum absolute atomic E-state index is 13.3. The molecular formula is C24H35N3O6S. The third kappa shape index (κ3) is 5.84. The standard InChI is InChI=1S/C24H35N3O6S/c1-7-31-18-12-16(13-19(32-8-2)22(18)33-9-3)23(28)25-21-14-20(24(4,5)6)26-27(21)17-10-11-34(29,30)15-17/h12-14,17H,7-11,15H2,1-6H3,(H,25,28). The number of nitrogens with zero attached hydrogens (tertiary/aromatic N) is 2. The van der Waals surface area contributed by atoms with E-state index >= 15 is 0 Å². The van der Waals surface area contributed by atoms with Crippen molar-refractivity contribution >= 4 is 21.6 Å². The van der Waals surface area contributed by atoms with Crippen LogP contribution in [0.4, 0.5) is 5.82 Å². The van der Waals surface area contributed by atoms with Crippen LogP contribution in [0.2, 0.25) is 0 Å². The smallest absolute Gasteiger partial charge is 0.257 e. The third-order valence-corrected chi connectivity index (χ3v) is 7.22. The van der Waals surface area contributed by atoms with Crippen molar-refractivity contribution in [2.75, 3.05) is 36.6 Å². The van der Waals surface area contributed by atoms with Gasteiger partial charge in [-0.3, -0.25) is 4.79 Å². The number of nitrogens with one attached hydrogen (secondary N) is 1. The number of ether oxygens (including phenoxy) is 3. The topological polar surface area (TPSA) is 109 Å². The van der Waals surface area contributed by atoms with Crippen molar-refractivity contribution in [2.45, 2.75) is 59.4 Å². The van der Waals surface area contributed by atoms with Crippen LogP contribution in [0.25, 0.3) is 0 Å². The number of benzene rings is 1. The number of amides is 1. The van der Waals surface area contributed by atoms with E-state index in [2.05, 4.69) is 10.4 Å². The van der Waals surface area contributed by atoms with E-state index in [1.807, 2.05) is 47.6 Å². The van der Waals surface area contributed by atoms with Crippen molar-refractivity contribution in [1.82, 2.24) is 9.78 Å². The zero-order chi connectivity index (χ0) is 25.1. The van der Waals surface area contributed by atoms with Gasteiger partial charge >= 0.3 is 0 Å². The molecule has 0 spiro atoms. The Morgan fingerprint density at radius 1 is 1.06 bits per heavy atom. The first-order valence-corrected chi connectivity index (χ1v) is 13.5. The highest BCUT2D eigenvalue weighted by Crippen LogP contribution is 2.39. The minimum atomic E-state index is -3.12. The summed E-state index contributed by atoms with van der Waals surface area (Å²) >= 11 is 0. The van der Waals surface area contributed by atoms with Gasteiger partial charge in [0.25, 0.3) is 5.91 Å². The van der Waals surface area contributed by atoms with Gasteiger partial charge in [-0.25, -0.2) is 13.1 Å². The van der Waals surface area contributed by atoms with Gasteiger partial charge in [0, 0.05) is 17.0 Å². The van der Waals surface area contributed by atoms with Crippen molar-refractivity contribution in [3.05, 3.63) is 29.5 Å². The number of carbonyl (C=O) groups is 1. The van der Waals surface area contributed by atoms with Crippen LogP contribution in [0.5, 0.6) is 17.2 Å². The van der Waals surface area contributed by atoms with Crippen LogP contribution >= 0.6 is 0 Å². The summed E-state index contributed by atoms with van der Waals surface area (Å²) in [6.07, 6.45) is 0.461. The van der Waals surface area contributed by atoms with Crippen molar-refractivity contribution in [3.63, 3.8) is 0 Å². The van der Waals surface area contributed by atoms with E-state index in [9.17, 15) is 13.2 Å². The maximum atomic E-state index is 13.3. The summed E-state index contributed by atoms with van der Waals surface area (Å²) in [5.41, 5.74) is 0.828. The Labute approximate surface area is 201 Å². The Bertz CT molecular complexity index is 1110. The molecule has 1 atom stereocenters. The third-order valence-electron chi connectivity index (χ3n) is 5.47. The summed E-state index contributed by atoms with van der Waals surface area (Å²) in [7, 11) is -3.12. The summed E-state index contributed by atoms with van der Waals surface area (Å²) in [5.74, 6) is 1.50. The lowest BCUT2D eigenvalue weighted by Crippen LogP contribution is -2.20. The average Bonchev–Trinajstić information content (AvgIpc) is 3.33. The van der Waals surface area contributed by atoms with Gasteiger partial charge in [0.2, 0.25) is 5.75 Å². The molecule has 0 bridgehead atoms. The van der Waals surface area contributed by atoms with Gasteiger partial charge in [0.15, 0.2) is 21.3 Å². The minimum absolute atomic E-state index is 0.00711. The van der Waals surface area contributed by atoms with E-state index in [0.29, 0.717) is 54.9 Å². The first kappa shape index (κ1) is 25.9. The molecule has 2 heterocycles. The lowest BCUT2D eigenvalue weighted by Gasteiger charge is -2.18. The molecule has 9 nitrogen and oxygen atoms in total. The van der Waals surface area contributed by atoms with Gasteiger partial charge in [-0.2, -0.15) is 5.10 Å². The summed E-state index contributed by atoms with van der Waals surface area (Å²) in [5, 5.41) is 7.60. The molecule has 10 heteroatoms. The molecule has 1 N–H and O–H groups in total. The zero-order valence-corrected chi connectivity index (χ0v) is 21.6. The number of anilines is 1. The number of carbonyl (C=O) groups excluding carboxylic acids is 1. The second kappa shape index (κ2) is 10.2. The Morgan fingerprint density at radius 2 is 1.65 bits per heavy atom. The highest BCUT2D eigenvalue weighted by atomic mass is 32.2. The van der Waals surface area contributed by atoms with E-state index in [0.717, 1.165) is 5.69 Å². The highest BCUT2D eigenvalue weighted by Gasteiger charge is 2.33. The van der Waals surface area contributed by atoms with Gasteiger partial charge in [-0.1, -0.05) is 20.8 Å². The number of aromatic nitrogens is 2. The normalized spacial score (nSPS) is 17.4. The predicted molar refractivity (Wildman–Crippen MR) is 131 cm³/mol. The van der Waals surface area contributed by atoms with Crippen LogP contribution in [-0.4, -0.2) is 55.4 Å². The Kier molecular flexibility index (Phi) is 7.80. The molecule has 1 aromatic heterocycles. The Balaban J connectivity index is 1.99. The number of hydrogen-bond donors (Lipinski definition) is 1. The summed E-state index contributed by atoms with van der Waals surface area (Å²) in [4.78, 5) is 13.3. The quantitative estimate of drug-likeness (QED) is 0.563. The molecule has 1 aliphatic heterocycles. The molecule has 3 rings (SSSR count). The lowest BCUT2D eigenvalue weighted by atomic mass is 9.92. The monoisotopic (exact) mass is 493 g/mol. The van der Waals surface area contributed by atoms with E-state index in [1.165, 1.54) is 0 Å². The second-order valence-electron chi connectivity index (χ2n) is 9.22. The molecule has 2 aromatic rings. The Hall–Kier alpha value is -2.75. The van der Waals surface area contributed by atoms with E-state index in [-0.39, 0.29) is 28.9 Å². The molecular weight excluding hydrogens is 458 g/mol. The van der Waals surface area contributed by atoms with Crippen LogP contribution < -0.4 is 19.5 Å². The molecule has 1 aliphatic rings. The molecule has 1 amide bonds. The summed E-state index contributed by atoms with van der Waals surface area (Å²) < 4.78 is 43.0. The number of rotatable bonds is 9. The first-order chi connectivity index (χ1) is 16.0. The Morgan fingerprint density at radius 3 is 2.12 bits per heavy atom. The number of sulfone groups is 1. The summed E-state index contributed by atoms with van der Waals surface area (Å²) in [6, 6.07) is 4.73. The first-order valence-electron chi connectivity index (χ1n) is 11.7. The minimum Gasteiger partial charge on any atom is -0.490 e. The van der Waals surface area contributed by atoms with Crippen molar-refractivity contribution in [3.8, 4) is 17.2 Å². The highest BCUT2D eigenvalue weighted by molar-refractivity contribution is 7.91. The van der Waals surface area contributed by atoms with Gasteiger partial charge in [0.05, 0.1) is 43.1 Å². The zero-order valence-electron chi connectivity index (χ0n) is 20.8. The SMILES string of the molecule is CCOc1cc(C(=O)Nc2cc(C(C)(C)C)nn2C2CCS(=O)(=O)C2)cc(OCC)c1OCC. The van der Waals surface area contributed by atoms with Crippen LogP contribution in [0.3, 0.4) is 0 Å². The van der Waals surface area contributed by atoms with Gasteiger partial charge in [-0.05, 0) is 39.3 Å². The van der Waals surface area contributed by atoms with Crippen molar-refractivity contribution in [2.24, 2.45) is 0 Å². The van der Waals surface area contributed by atoms with Crippen molar-refractivity contribution in [1.29, 1.82) is 0 Å². The van der Waals surface area contributed by atoms with Crippen LogP contribution in [0.15, 0.2) is 18.2 Å². The predicted octanol–water partition coefficient (Wildman–Crippen LogP) is 3.99. The van der Waals surface area contributed by atoms with Gasteiger partial charge < -0.3 is 19.5 Å². The fourth-order valence-corrected chi connectivity index (χ4v) is 5.50. The molecule has 0 radical (unpaired) electrons. The fourth-order valence-electron chi connectivity index (χ4n) is 3.81. The maximum Gasteiger partial charge on any atom is 0.257 e. The molecule has 1 fully saturated rings. The molecule has 0 saturated carbocycles. The van der Waals surface area contributed by atoms with Gasteiger partial charge in [-0.15, -0.1) is 0 Å². The molecule has 1 aromatic carbocycles. The lowest BCUT2D eigenvalue weighted by molar-refractivity contribution is 0.102. The number of hydrogen-bond acceptors (Lipinski definition) is 7. The van der Waals surface area contributed by atoms with Crippen molar-refractivity contribution < 1.29 is 27.4 Å². The molecule has 1 saturated heterocycles. The molecule has 1 unspecified atom stereocenters. The summed E-state index contributed by atoms with van der Waals surface area (Å²) in [6.45, 7) is 12.8. The van der Waals surface area contributed by atoms with E-state index in [4.69, 9.17) is 14.2 Å². The molecule has 188 valence electrons. The molecule has 0 aliphatic carbocycles. The largest absolute Gasteiger partial charge is 0.490 e. The second-order valence-corrected chi connectivity index (χ2v) is 11.4. The van der Waals surface area contributed by atoms with Crippen LogP contribution in [0, 0.1) is 0 Å². The van der Waals surface area contributed by atoms with Gasteiger partial charge in [0.1, 0.15) is 5.82 Å². The van der Waals surface area contributed by atoms with E-state index < -0.39 is 9.84 Å². The fraction of sp³-hybridized carbons (Fsp3) is 0.583.